The molecule has 0 aliphatic heterocycles. The first kappa shape index (κ1) is 27.1. The molecule has 43 heavy (non-hydrogen) atoms. The lowest BCUT2D eigenvalue weighted by Gasteiger charge is -2.35. The van der Waals surface area contributed by atoms with Crippen LogP contribution in [-0.2, 0) is 3.48 Å². The topological polar surface area (TPSA) is 53.5 Å². The van der Waals surface area contributed by atoms with E-state index in [1.165, 1.54) is 0 Å². The standard InChI is InChI=1S/C18H15OSi.2C9H7NO.Al/c19-20(16-10-4-1-5-11-16,17-12-6-2-7-13-17)18-14-8-3-9-15-18;2*11-8-5-1-3-7-4-2-6-10-9(7)8;/h1-15H;2*1-6,11H;/q-1;;;+3/p-2. The minimum absolute atomic E-state index is 0.625. The molecule has 7 rings (SSSR count). The highest BCUT2D eigenvalue weighted by atomic mass is 28.4. The summed E-state index contributed by atoms with van der Waals surface area (Å²) in [6.07, 6.45) is 3.55. The average Bonchev–Trinajstić information content (AvgIpc) is 3.09. The zero-order valence-electron chi connectivity index (χ0n) is 23.3. The van der Waals surface area contributed by atoms with E-state index in [-0.39, 0.29) is 0 Å². The first-order valence-electron chi connectivity index (χ1n) is 14.2. The zero-order chi connectivity index (χ0) is 28.9. The van der Waals surface area contributed by atoms with Gasteiger partial charge in [0.2, 0.25) is 0 Å². The van der Waals surface area contributed by atoms with Crippen LogP contribution in [0.25, 0.3) is 21.8 Å². The van der Waals surface area contributed by atoms with E-state index >= 15 is 0 Å². The Kier molecular flexibility index (Phi) is 7.70. The molecule has 0 radical (unpaired) electrons. The maximum atomic E-state index is 7.48. The molecule has 0 spiro atoms. The Morgan fingerprint density at radius 2 is 0.814 bits per heavy atom. The Morgan fingerprint density at radius 1 is 0.419 bits per heavy atom. The molecule has 0 saturated carbocycles. The summed E-state index contributed by atoms with van der Waals surface area (Å²) in [4.78, 5) is 9.29. The summed E-state index contributed by atoms with van der Waals surface area (Å²) in [5.74, 6) is 1.25. The highest BCUT2D eigenvalue weighted by molar-refractivity contribution is 7.09. The number of hydrogen-bond acceptors (Lipinski definition) is 5. The van der Waals surface area contributed by atoms with E-state index in [0.29, 0.717) is 11.5 Å². The van der Waals surface area contributed by atoms with Crippen molar-refractivity contribution in [2.75, 3.05) is 0 Å². The van der Waals surface area contributed by atoms with Gasteiger partial charge in [-0.1, -0.05) is 127 Å². The van der Waals surface area contributed by atoms with Crippen molar-refractivity contribution in [2.45, 2.75) is 0 Å². The maximum absolute atomic E-state index is 7.48. The fourth-order valence-electron chi connectivity index (χ4n) is 5.49. The molecular formula is C36H27AlN2O3Si. The summed E-state index contributed by atoms with van der Waals surface area (Å²) in [5, 5.41) is 5.27. The molecule has 0 N–H and O–H groups in total. The second-order valence-electron chi connectivity index (χ2n) is 10.1. The van der Waals surface area contributed by atoms with Crippen LogP contribution in [0.3, 0.4) is 0 Å². The summed E-state index contributed by atoms with van der Waals surface area (Å²) >= 11 is -3.05. The van der Waals surface area contributed by atoms with E-state index < -0.39 is 23.5 Å². The lowest BCUT2D eigenvalue weighted by atomic mass is 10.2. The van der Waals surface area contributed by atoms with E-state index in [4.69, 9.17) is 11.1 Å². The average molecular weight is 591 g/mol. The predicted molar refractivity (Wildman–Crippen MR) is 176 cm³/mol. The molecule has 0 aliphatic carbocycles. The lowest BCUT2D eigenvalue weighted by Crippen LogP contribution is -2.72. The number of pyridine rings is 2. The number of benzene rings is 5. The quantitative estimate of drug-likeness (QED) is 0.155. The summed E-state index contributed by atoms with van der Waals surface area (Å²) in [5.41, 5.74) is 1.52. The molecule has 2 heterocycles. The van der Waals surface area contributed by atoms with Crippen molar-refractivity contribution in [3.8, 4) is 11.5 Å². The Bertz CT molecular complexity index is 1790. The fraction of sp³-hybridized carbons (Fsp3) is 0. The minimum atomic E-state index is -3.16. The Morgan fingerprint density at radius 3 is 1.23 bits per heavy atom. The van der Waals surface area contributed by atoms with Crippen molar-refractivity contribution in [1.82, 2.24) is 9.97 Å². The van der Waals surface area contributed by atoms with Gasteiger partial charge in [-0.25, -0.2) is 0 Å². The molecule has 0 fully saturated rings. The summed E-state index contributed by atoms with van der Waals surface area (Å²) < 4.78 is 21.2. The molecule has 0 aliphatic rings. The molecule has 206 valence electrons. The van der Waals surface area contributed by atoms with Crippen LogP contribution in [0.5, 0.6) is 11.5 Å². The van der Waals surface area contributed by atoms with Crippen molar-refractivity contribution < 1.29 is 11.1 Å². The molecule has 0 atom stereocenters. The van der Waals surface area contributed by atoms with Gasteiger partial charge in [0.25, 0.3) is 8.32 Å². The van der Waals surface area contributed by atoms with Gasteiger partial charge in [-0.15, -0.1) is 0 Å². The van der Waals surface area contributed by atoms with Gasteiger partial charge in [0, 0.05) is 23.2 Å². The van der Waals surface area contributed by atoms with Crippen molar-refractivity contribution in [3.05, 3.63) is 164 Å². The highest BCUT2D eigenvalue weighted by Crippen LogP contribution is 2.28. The smallest absolute Gasteiger partial charge is 0.587 e. The molecule has 0 bridgehead atoms. The van der Waals surface area contributed by atoms with Crippen molar-refractivity contribution in [1.29, 1.82) is 0 Å². The Labute approximate surface area is 256 Å². The minimum Gasteiger partial charge on any atom is -0.587 e. The largest absolute Gasteiger partial charge is 1.09 e. The Balaban J connectivity index is 1.43. The van der Waals surface area contributed by atoms with E-state index in [0.717, 1.165) is 37.4 Å². The van der Waals surface area contributed by atoms with Crippen LogP contribution in [0.15, 0.2) is 164 Å². The molecule has 0 amide bonds. The molecule has 7 heteroatoms. The summed E-state index contributed by atoms with van der Waals surface area (Å²) in [6.45, 7) is 0. The molecule has 5 nitrogen and oxygen atoms in total. The Hall–Kier alpha value is -4.77. The fourth-order valence-corrected chi connectivity index (χ4v) is 12.5. The molecule has 5 aromatic carbocycles. The van der Waals surface area contributed by atoms with Crippen molar-refractivity contribution in [2.24, 2.45) is 0 Å². The van der Waals surface area contributed by atoms with Gasteiger partial charge >= 0.3 is 15.1 Å². The van der Waals surface area contributed by atoms with Gasteiger partial charge in [0.05, 0.1) is 0 Å². The number of aromatic nitrogens is 2. The van der Waals surface area contributed by atoms with Crippen molar-refractivity contribution in [3.63, 3.8) is 0 Å². The van der Waals surface area contributed by atoms with Crippen LogP contribution < -0.4 is 23.1 Å². The lowest BCUT2D eigenvalue weighted by molar-refractivity contribution is 0.312. The van der Waals surface area contributed by atoms with E-state index in [9.17, 15) is 0 Å². The summed E-state index contributed by atoms with van der Waals surface area (Å²) in [6, 6.07) is 51.1. The van der Waals surface area contributed by atoms with E-state index in [1.54, 1.807) is 12.4 Å². The van der Waals surface area contributed by atoms with Gasteiger partial charge in [-0.05, 0) is 39.8 Å². The highest BCUT2D eigenvalue weighted by Gasteiger charge is 2.53. The second kappa shape index (κ2) is 12.2. The number of para-hydroxylation sites is 2. The number of nitrogens with zero attached hydrogens (tertiary/aromatic N) is 2. The second-order valence-corrected chi connectivity index (χ2v) is 15.2. The van der Waals surface area contributed by atoms with Gasteiger partial charge < -0.3 is 11.1 Å². The zero-order valence-corrected chi connectivity index (χ0v) is 25.4. The first-order valence-corrected chi connectivity index (χ1v) is 17.5. The first-order chi connectivity index (χ1) is 21.3. The molecule has 7 aromatic rings. The van der Waals surface area contributed by atoms with Gasteiger partial charge in [-0.3, -0.25) is 9.97 Å². The maximum Gasteiger partial charge on any atom is 1.09 e. The van der Waals surface area contributed by atoms with Crippen LogP contribution in [0.1, 0.15) is 0 Å². The van der Waals surface area contributed by atoms with E-state index in [1.807, 2.05) is 78.9 Å². The van der Waals surface area contributed by atoms with Gasteiger partial charge in [-0.2, -0.15) is 0 Å². The van der Waals surface area contributed by atoms with Crippen molar-refractivity contribution >= 4 is 60.8 Å². The molecular weight excluding hydrogens is 563 g/mol. The van der Waals surface area contributed by atoms with Crippen LogP contribution >= 0.6 is 0 Å². The molecule has 2 aromatic heterocycles. The SMILES string of the molecule is c1ccc([Si]([O][Al]([O]c2cccc3cccnc23)[O]c2cccc3cccnc23)(c2ccccc2)c2ccccc2)cc1. The van der Waals surface area contributed by atoms with Gasteiger partial charge in [0.15, 0.2) is 0 Å². The van der Waals surface area contributed by atoms with Crippen LogP contribution in [0.2, 0.25) is 0 Å². The predicted octanol–water partition coefficient (Wildman–Crippen LogP) is 5.91. The van der Waals surface area contributed by atoms with E-state index in [2.05, 4.69) is 82.8 Å². The molecule has 0 unspecified atom stereocenters. The van der Waals surface area contributed by atoms with Gasteiger partial charge in [0.1, 0.15) is 22.5 Å². The molecule has 0 saturated heterocycles. The van der Waals surface area contributed by atoms with Crippen LogP contribution in [0.4, 0.5) is 0 Å². The third kappa shape index (κ3) is 5.43. The summed E-state index contributed by atoms with van der Waals surface area (Å²) in [7, 11) is -3.16. The van der Waals surface area contributed by atoms with Crippen LogP contribution in [-0.4, -0.2) is 33.4 Å². The van der Waals surface area contributed by atoms with Crippen LogP contribution in [0, 0.1) is 0 Å². The third-order valence-corrected chi connectivity index (χ3v) is 14.0. The number of hydrogen-bond donors (Lipinski definition) is 0. The number of rotatable bonds is 9. The number of fused-ring (bicyclic) bond motifs is 2. The third-order valence-electron chi connectivity index (χ3n) is 7.45. The normalized spacial score (nSPS) is 11.3. The monoisotopic (exact) mass is 590 g/mol.